The first-order valence-corrected chi connectivity index (χ1v) is 6.91. The van der Waals surface area contributed by atoms with Crippen LogP contribution < -0.4 is 4.74 Å². The molecule has 0 bridgehead atoms. The molecule has 0 aliphatic heterocycles. The smallest absolute Gasteiger partial charge is 0.291 e. The van der Waals surface area contributed by atoms with Gasteiger partial charge >= 0.3 is 0 Å². The summed E-state index contributed by atoms with van der Waals surface area (Å²) in [6, 6.07) is 4.22. The third-order valence-corrected chi connectivity index (χ3v) is 3.93. The topological polar surface area (TPSA) is 65.3 Å². The van der Waals surface area contributed by atoms with Crippen LogP contribution in [0.2, 0.25) is 0 Å². The van der Waals surface area contributed by atoms with Crippen molar-refractivity contribution in [2.45, 2.75) is 6.92 Å². The molecule has 0 saturated heterocycles. The fraction of sp³-hybridized carbons (Fsp3) is 0.0833. The van der Waals surface area contributed by atoms with Gasteiger partial charge in [-0.05, 0) is 41.1 Å². The summed E-state index contributed by atoms with van der Waals surface area (Å²) >= 11 is 6.38. The highest BCUT2D eigenvalue weighted by Crippen LogP contribution is 2.35. The van der Waals surface area contributed by atoms with Gasteiger partial charge < -0.3 is 4.74 Å². The number of nitrogens with zero attached hydrogens (tertiary/aromatic N) is 2. The van der Waals surface area contributed by atoms with Gasteiger partial charge in [-0.15, -0.1) is 0 Å². The van der Waals surface area contributed by atoms with Crippen LogP contribution in [0, 0.1) is 22.9 Å². The van der Waals surface area contributed by atoms with Crippen molar-refractivity contribution in [3.8, 4) is 11.6 Å². The minimum absolute atomic E-state index is 0.0270. The molecule has 0 fully saturated rings. The first kappa shape index (κ1) is 14.9. The number of halogens is 3. The number of nitro groups is 1. The zero-order valence-corrected chi connectivity index (χ0v) is 13.2. The molecule has 0 aliphatic rings. The van der Waals surface area contributed by atoms with Gasteiger partial charge in [0.2, 0.25) is 5.88 Å². The fourth-order valence-corrected chi connectivity index (χ4v) is 2.19. The van der Waals surface area contributed by atoms with Crippen molar-refractivity contribution in [3.05, 3.63) is 54.8 Å². The first-order chi connectivity index (χ1) is 9.40. The van der Waals surface area contributed by atoms with E-state index in [-0.39, 0.29) is 17.3 Å². The van der Waals surface area contributed by atoms with Crippen LogP contribution in [-0.2, 0) is 0 Å². The van der Waals surface area contributed by atoms with Gasteiger partial charge in [0.25, 0.3) is 5.69 Å². The average molecular weight is 406 g/mol. The lowest BCUT2D eigenvalue weighted by Gasteiger charge is -2.09. The van der Waals surface area contributed by atoms with Crippen LogP contribution in [0.1, 0.15) is 5.56 Å². The molecule has 2 rings (SSSR count). The summed E-state index contributed by atoms with van der Waals surface area (Å²) in [5.41, 5.74) is 0.217. The van der Waals surface area contributed by atoms with Crippen LogP contribution in [0.15, 0.2) is 33.3 Å². The zero-order chi connectivity index (χ0) is 14.9. The van der Waals surface area contributed by atoms with Crippen molar-refractivity contribution in [1.29, 1.82) is 0 Å². The molecular weight excluding hydrogens is 399 g/mol. The molecule has 2 aromatic rings. The Kier molecular flexibility index (Phi) is 4.34. The molecule has 0 aliphatic carbocycles. The normalized spacial score (nSPS) is 10.4. The van der Waals surface area contributed by atoms with Gasteiger partial charge in [-0.2, -0.15) is 0 Å². The standard InChI is InChI=1S/C12H7Br2FN2O3/c1-6-9(17(18)19)5-16-12(11(6)14)20-10-4-7(13)2-3-8(10)15/h2-5H,1H3. The lowest BCUT2D eigenvalue weighted by molar-refractivity contribution is -0.385. The second-order valence-electron chi connectivity index (χ2n) is 3.82. The van der Waals surface area contributed by atoms with Crippen molar-refractivity contribution in [2.24, 2.45) is 0 Å². The van der Waals surface area contributed by atoms with E-state index in [9.17, 15) is 14.5 Å². The molecule has 1 aromatic carbocycles. The SMILES string of the molecule is Cc1c([N+](=O)[O-])cnc(Oc2cc(Br)ccc2F)c1Br. The van der Waals surface area contributed by atoms with E-state index in [1.807, 2.05) is 0 Å². The van der Waals surface area contributed by atoms with Crippen LogP contribution in [0.25, 0.3) is 0 Å². The second-order valence-corrected chi connectivity index (χ2v) is 5.53. The monoisotopic (exact) mass is 404 g/mol. The van der Waals surface area contributed by atoms with Crippen molar-refractivity contribution < 1.29 is 14.1 Å². The maximum atomic E-state index is 13.6. The minimum atomic E-state index is -0.557. The van der Waals surface area contributed by atoms with Gasteiger partial charge in [0.1, 0.15) is 6.20 Å². The summed E-state index contributed by atoms with van der Waals surface area (Å²) in [6.07, 6.45) is 1.07. The van der Waals surface area contributed by atoms with E-state index in [0.29, 0.717) is 14.5 Å². The third-order valence-electron chi connectivity index (χ3n) is 2.50. The lowest BCUT2D eigenvalue weighted by atomic mass is 10.2. The molecule has 0 radical (unpaired) electrons. The Morgan fingerprint density at radius 1 is 1.40 bits per heavy atom. The molecule has 0 atom stereocenters. The molecule has 1 heterocycles. The molecule has 0 saturated carbocycles. The van der Waals surface area contributed by atoms with Gasteiger partial charge in [-0.3, -0.25) is 10.1 Å². The lowest BCUT2D eigenvalue weighted by Crippen LogP contribution is -1.98. The van der Waals surface area contributed by atoms with Gasteiger partial charge in [0.05, 0.1) is 9.40 Å². The van der Waals surface area contributed by atoms with Crippen molar-refractivity contribution in [3.63, 3.8) is 0 Å². The Labute approximate surface area is 130 Å². The van der Waals surface area contributed by atoms with Gasteiger partial charge in [0.15, 0.2) is 11.6 Å². The molecule has 5 nitrogen and oxygen atoms in total. The van der Waals surface area contributed by atoms with E-state index in [4.69, 9.17) is 4.74 Å². The van der Waals surface area contributed by atoms with E-state index in [1.54, 1.807) is 6.92 Å². The summed E-state index contributed by atoms with van der Waals surface area (Å²) in [7, 11) is 0. The van der Waals surface area contributed by atoms with Gasteiger partial charge in [-0.1, -0.05) is 15.9 Å². The predicted octanol–water partition coefficient (Wildman–Crippen LogP) is 4.75. The minimum Gasteiger partial charge on any atom is -0.435 e. The summed E-state index contributed by atoms with van der Waals surface area (Å²) < 4.78 is 19.9. The fourth-order valence-electron chi connectivity index (χ4n) is 1.46. The molecule has 0 amide bonds. The highest BCUT2D eigenvalue weighted by Gasteiger charge is 2.19. The Hall–Kier alpha value is -1.54. The number of pyridine rings is 1. The highest BCUT2D eigenvalue weighted by atomic mass is 79.9. The van der Waals surface area contributed by atoms with Crippen LogP contribution in [0.5, 0.6) is 11.6 Å². The summed E-state index contributed by atoms with van der Waals surface area (Å²) in [5.74, 6) is -0.524. The largest absolute Gasteiger partial charge is 0.435 e. The molecular formula is C12H7Br2FN2O3. The Morgan fingerprint density at radius 2 is 2.10 bits per heavy atom. The number of rotatable bonds is 3. The summed E-state index contributed by atoms with van der Waals surface area (Å²) in [6.45, 7) is 1.55. The number of benzene rings is 1. The van der Waals surface area contributed by atoms with E-state index in [0.717, 1.165) is 6.20 Å². The first-order valence-electron chi connectivity index (χ1n) is 5.32. The highest BCUT2D eigenvalue weighted by molar-refractivity contribution is 9.10. The molecule has 104 valence electrons. The quantitative estimate of drug-likeness (QED) is 0.545. The van der Waals surface area contributed by atoms with Gasteiger partial charge in [-0.25, -0.2) is 9.37 Å². The van der Waals surface area contributed by atoms with E-state index in [1.165, 1.54) is 18.2 Å². The van der Waals surface area contributed by atoms with Crippen LogP contribution in [-0.4, -0.2) is 9.91 Å². The van der Waals surface area contributed by atoms with E-state index >= 15 is 0 Å². The van der Waals surface area contributed by atoms with E-state index < -0.39 is 10.7 Å². The molecule has 0 spiro atoms. The zero-order valence-electron chi connectivity index (χ0n) is 10.1. The molecule has 0 N–H and O–H groups in total. The maximum absolute atomic E-state index is 13.6. The van der Waals surface area contributed by atoms with Crippen molar-refractivity contribution in [2.75, 3.05) is 0 Å². The van der Waals surface area contributed by atoms with Crippen molar-refractivity contribution >= 4 is 37.5 Å². The third kappa shape index (κ3) is 2.96. The number of hydrogen-bond donors (Lipinski definition) is 0. The molecule has 0 unspecified atom stereocenters. The van der Waals surface area contributed by atoms with Crippen molar-refractivity contribution in [1.82, 2.24) is 4.98 Å². The average Bonchev–Trinajstić information content (AvgIpc) is 2.39. The number of ether oxygens (including phenoxy) is 1. The molecule has 1 aromatic heterocycles. The van der Waals surface area contributed by atoms with Crippen LogP contribution in [0.3, 0.4) is 0 Å². The second kappa shape index (κ2) is 5.84. The summed E-state index contributed by atoms with van der Waals surface area (Å²) in [5, 5.41) is 10.8. The molecule has 20 heavy (non-hydrogen) atoms. The predicted molar refractivity (Wildman–Crippen MR) is 77.5 cm³/mol. The number of aromatic nitrogens is 1. The van der Waals surface area contributed by atoms with Gasteiger partial charge in [0, 0.05) is 10.0 Å². The van der Waals surface area contributed by atoms with Crippen LogP contribution >= 0.6 is 31.9 Å². The Morgan fingerprint density at radius 3 is 2.75 bits per heavy atom. The Bertz CT molecular complexity index is 695. The summed E-state index contributed by atoms with van der Waals surface area (Å²) in [4.78, 5) is 14.1. The number of hydrogen-bond acceptors (Lipinski definition) is 4. The Balaban J connectivity index is 2.42. The van der Waals surface area contributed by atoms with Crippen LogP contribution in [0.4, 0.5) is 10.1 Å². The maximum Gasteiger partial charge on any atom is 0.291 e. The van der Waals surface area contributed by atoms with E-state index in [2.05, 4.69) is 36.8 Å². The molecule has 8 heteroatoms.